The highest BCUT2D eigenvalue weighted by molar-refractivity contribution is 9.10. The summed E-state index contributed by atoms with van der Waals surface area (Å²) in [5.41, 5.74) is 4.08. The molecule has 5 heteroatoms. The minimum absolute atomic E-state index is 0.395. The number of halogens is 1. The molecule has 1 atom stereocenters. The van der Waals surface area contributed by atoms with E-state index in [9.17, 15) is 0 Å². The van der Waals surface area contributed by atoms with E-state index in [1.54, 1.807) is 6.20 Å². The topological polar surface area (TPSA) is 50.7 Å². The summed E-state index contributed by atoms with van der Waals surface area (Å²) < 4.78 is 0.953. The van der Waals surface area contributed by atoms with Crippen LogP contribution in [0.5, 0.6) is 0 Å². The Bertz CT molecular complexity index is 572. The van der Waals surface area contributed by atoms with Gasteiger partial charge in [0, 0.05) is 28.6 Å². The molecule has 2 aromatic rings. The van der Waals surface area contributed by atoms with Crippen LogP contribution in [-0.2, 0) is 0 Å². The van der Waals surface area contributed by atoms with E-state index in [-0.39, 0.29) is 0 Å². The van der Waals surface area contributed by atoms with Gasteiger partial charge in [0.05, 0.1) is 0 Å². The number of hydrogen-bond donors (Lipinski definition) is 1. The Morgan fingerprint density at radius 2 is 1.85 bits per heavy atom. The van der Waals surface area contributed by atoms with Crippen LogP contribution in [0.15, 0.2) is 22.8 Å². The smallest absolute Gasteiger partial charge is 0.178 e. The summed E-state index contributed by atoms with van der Waals surface area (Å²) in [6.07, 6.45) is 1.76. The van der Waals surface area contributed by atoms with Gasteiger partial charge in [-0.05, 0) is 60.4 Å². The van der Waals surface area contributed by atoms with E-state index < -0.39 is 0 Å². The Balaban J connectivity index is 2.42. The molecule has 0 aliphatic heterocycles. The van der Waals surface area contributed by atoms with Gasteiger partial charge in [-0.3, -0.25) is 4.98 Å². The summed E-state index contributed by atoms with van der Waals surface area (Å²) >= 11 is 3.38. The normalized spacial score (nSPS) is 12.4. The van der Waals surface area contributed by atoms with Gasteiger partial charge in [-0.1, -0.05) is 6.92 Å². The Morgan fingerprint density at radius 1 is 1.20 bits per heavy atom. The third kappa shape index (κ3) is 3.22. The minimum Gasteiger partial charge on any atom is -0.319 e. The molecule has 20 heavy (non-hydrogen) atoms. The largest absolute Gasteiger partial charge is 0.319 e. The molecule has 0 saturated carbocycles. The van der Waals surface area contributed by atoms with Gasteiger partial charge in [0.15, 0.2) is 5.82 Å². The molecule has 1 N–H and O–H groups in total. The van der Waals surface area contributed by atoms with Crippen LogP contribution < -0.4 is 5.32 Å². The zero-order valence-corrected chi connectivity index (χ0v) is 13.8. The van der Waals surface area contributed by atoms with Crippen molar-refractivity contribution < 1.29 is 0 Å². The van der Waals surface area contributed by atoms with Crippen molar-refractivity contribution in [2.24, 2.45) is 0 Å². The van der Waals surface area contributed by atoms with E-state index in [4.69, 9.17) is 0 Å². The molecular weight excluding hydrogens is 316 g/mol. The highest BCUT2D eigenvalue weighted by Gasteiger charge is 2.15. The maximum atomic E-state index is 4.62. The lowest BCUT2D eigenvalue weighted by Gasteiger charge is -2.16. The molecule has 0 saturated heterocycles. The molecule has 0 spiro atoms. The van der Waals surface area contributed by atoms with Gasteiger partial charge in [0.1, 0.15) is 5.69 Å². The van der Waals surface area contributed by atoms with Gasteiger partial charge in [-0.25, -0.2) is 9.97 Å². The molecule has 1 unspecified atom stereocenters. The fourth-order valence-electron chi connectivity index (χ4n) is 2.47. The SMILES string of the molecule is CNCC(C)c1c(C)nc(-c2ccc(Br)cn2)nc1C. The van der Waals surface area contributed by atoms with E-state index in [2.05, 4.69) is 43.1 Å². The Morgan fingerprint density at radius 3 is 2.35 bits per heavy atom. The van der Waals surface area contributed by atoms with E-state index in [0.29, 0.717) is 11.7 Å². The van der Waals surface area contributed by atoms with Gasteiger partial charge in [0.2, 0.25) is 0 Å². The molecule has 0 aliphatic carbocycles. The molecule has 2 aromatic heterocycles. The Labute approximate surface area is 128 Å². The van der Waals surface area contributed by atoms with Crippen molar-refractivity contribution in [2.75, 3.05) is 13.6 Å². The Kier molecular flexibility index (Phi) is 4.83. The number of aromatic nitrogens is 3. The molecule has 0 bridgehead atoms. The van der Waals surface area contributed by atoms with Crippen LogP contribution in [0.3, 0.4) is 0 Å². The van der Waals surface area contributed by atoms with Crippen LogP contribution in [0.1, 0.15) is 29.8 Å². The molecule has 0 radical (unpaired) electrons. The first kappa shape index (κ1) is 15.1. The van der Waals surface area contributed by atoms with Crippen LogP contribution >= 0.6 is 15.9 Å². The van der Waals surface area contributed by atoms with Crippen LogP contribution in [0.25, 0.3) is 11.5 Å². The van der Waals surface area contributed by atoms with Crippen molar-refractivity contribution in [2.45, 2.75) is 26.7 Å². The number of aryl methyl sites for hydroxylation is 2. The maximum absolute atomic E-state index is 4.62. The first-order chi connectivity index (χ1) is 9.52. The Hall–Kier alpha value is -1.33. The molecule has 0 aromatic carbocycles. The van der Waals surface area contributed by atoms with Crippen molar-refractivity contribution in [1.29, 1.82) is 0 Å². The van der Waals surface area contributed by atoms with Gasteiger partial charge in [-0.15, -0.1) is 0 Å². The number of hydrogen-bond acceptors (Lipinski definition) is 4. The number of likely N-dealkylation sites (N-methyl/N-ethyl adjacent to an activating group) is 1. The lowest BCUT2D eigenvalue weighted by Crippen LogP contribution is -2.17. The molecule has 0 aliphatic rings. The van der Waals surface area contributed by atoms with Crippen molar-refractivity contribution >= 4 is 15.9 Å². The summed E-state index contributed by atoms with van der Waals surface area (Å²) in [6.45, 7) is 7.19. The molecule has 2 heterocycles. The number of nitrogens with zero attached hydrogens (tertiary/aromatic N) is 3. The zero-order valence-electron chi connectivity index (χ0n) is 12.2. The van der Waals surface area contributed by atoms with Gasteiger partial charge in [-0.2, -0.15) is 0 Å². The summed E-state index contributed by atoms with van der Waals surface area (Å²) in [4.78, 5) is 13.6. The van der Waals surface area contributed by atoms with Gasteiger partial charge >= 0.3 is 0 Å². The number of pyridine rings is 1. The van der Waals surface area contributed by atoms with Crippen molar-refractivity contribution in [1.82, 2.24) is 20.3 Å². The predicted molar refractivity (Wildman–Crippen MR) is 84.8 cm³/mol. The second-order valence-corrected chi connectivity index (χ2v) is 5.87. The third-order valence-electron chi connectivity index (χ3n) is 3.29. The molecular formula is C15H19BrN4. The van der Waals surface area contributed by atoms with Gasteiger partial charge in [0.25, 0.3) is 0 Å². The zero-order chi connectivity index (χ0) is 14.7. The van der Waals surface area contributed by atoms with Crippen LogP contribution in [0.2, 0.25) is 0 Å². The highest BCUT2D eigenvalue weighted by Crippen LogP contribution is 2.24. The molecule has 0 amide bonds. The van der Waals surface area contributed by atoms with Gasteiger partial charge < -0.3 is 5.32 Å². The second kappa shape index (κ2) is 6.41. The highest BCUT2D eigenvalue weighted by atomic mass is 79.9. The second-order valence-electron chi connectivity index (χ2n) is 4.95. The molecule has 0 fully saturated rings. The van der Waals surface area contributed by atoms with E-state index in [1.165, 1.54) is 5.56 Å². The first-order valence-electron chi connectivity index (χ1n) is 6.64. The average molecular weight is 335 g/mol. The van der Waals surface area contributed by atoms with Crippen LogP contribution in [0.4, 0.5) is 0 Å². The molecule has 106 valence electrons. The number of rotatable bonds is 4. The first-order valence-corrected chi connectivity index (χ1v) is 7.44. The van der Waals surface area contributed by atoms with E-state index in [1.807, 2.05) is 33.0 Å². The lowest BCUT2D eigenvalue weighted by molar-refractivity contribution is 0.662. The maximum Gasteiger partial charge on any atom is 0.178 e. The average Bonchev–Trinajstić information content (AvgIpc) is 2.39. The number of nitrogens with one attached hydrogen (secondary N) is 1. The van der Waals surface area contributed by atoms with Crippen molar-refractivity contribution in [3.05, 3.63) is 39.8 Å². The fourth-order valence-corrected chi connectivity index (χ4v) is 2.70. The quantitative estimate of drug-likeness (QED) is 0.932. The van der Waals surface area contributed by atoms with E-state index >= 15 is 0 Å². The minimum atomic E-state index is 0.395. The van der Waals surface area contributed by atoms with Crippen LogP contribution in [-0.4, -0.2) is 28.5 Å². The standard InChI is InChI=1S/C15H19BrN4/c1-9(7-17-4)14-10(2)19-15(20-11(14)3)13-6-5-12(16)8-18-13/h5-6,8-9,17H,7H2,1-4H3. The van der Waals surface area contributed by atoms with Crippen LogP contribution in [0, 0.1) is 13.8 Å². The lowest BCUT2D eigenvalue weighted by atomic mass is 9.98. The summed E-state index contributed by atoms with van der Waals surface area (Å²) in [5.74, 6) is 1.08. The van der Waals surface area contributed by atoms with Crippen molar-refractivity contribution in [3.8, 4) is 11.5 Å². The summed E-state index contributed by atoms with van der Waals surface area (Å²) in [7, 11) is 1.96. The summed E-state index contributed by atoms with van der Waals surface area (Å²) in [5, 5.41) is 3.20. The third-order valence-corrected chi connectivity index (χ3v) is 3.76. The predicted octanol–water partition coefficient (Wildman–Crippen LogP) is 3.24. The summed E-state index contributed by atoms with van der Waals surface area (Å²) in [6, 6.07) is 3.88. The van der Waals surface area contributed by atoms with E-state index in [0.717, 1.165) is 28.1 Å². The molecule has 2 rings (SSSR count). The molecule has 4 nitrogen and oxygen atoms in total. The fraction of sp³-hybridized carbons (Fsp3) is 0.400. The monoisotopic (exact) mass is 334 g/mol. The van der Waals surface area contributed by atoms with Crippen molar-refractivity contribution in [3.63, 3.8) is 0 Å².